The smallest absolute Gasteiger partial charge is 0.330 e. The first-order chi connectivity index (χ1) is 35.5. The van der Waals surface area contributed by atoms with Gasteiger partial charge in [0.2, 0.25) is 5.91 Å². The Bertz CT molecular complexity index is 2900. The number of hydrogen-bond acceptors (Lipinski definition) is 15. The van der Waals surface area contributed by atoms with Crippen molar-refractivity contribution < 1.29 is 42.3 Å². The minimum Gasteiger partial charge on any atom is -0.497 e. The number of amides is 1. The van der Waals surface area contributed by atoms with Gasteiger partial charge in [0.25, 0.3) is 19.6 Å². The van der Waals surface area contributed by atoms with Gasteiger partial charge in [-0.2, -0.15) is 5.26 Å². The molecule has 74 heavy (non-hydrogen) atoms. The third-order valence-corrected chi connectivity index (χ3v) is 15.4. The highest BCUT2D eigenvalue weighted by atomic mass is 31.2. The SMILES string of the molecule is COc1ccc(C(OC[C@H]2O[C@@H](n3cc(C)c(=O)[nH]c3=O)C[C@@H]2CC(=O)NC[C@H]2O[C@@H](n3cc(C)c(=O)[nH]c3=O)[C@H](OC)[C@@H]2OP(OCCC#N)N(C(C)C)C(C)C)(c2ccccc2)c2ccc(OC)cc2)cc1. The predicted molar refractivity (Wildman–Crippen MR) is 275 cm³/mol. The summed E-state index contributed by atoms with van der Waals surface area (Å²) >= 11 is 0. The second kappa shape index (κ2) is 24.8. The molecule has 3 N–H and O–H groups in total. The number of benzene rings is 3. The number of ether oxygens (including phenoxy) is 6. The standard InChI is InChI=1S/C53H66N7O13P/c1-32(2)60(33(3)4)74(70-25-13-24-54)73-46-42(72-50(47(46)68-9)59-30-35(6)49(63)57-52(59)65)28-55-44(61)26-36-27-45(58-29-34(5)48(62)56-51(58)64)71-43(36)31-69-53(37-14-11-10-12-15-37,38-16-20-40(66-7)21-17-38)39-18-22-41(67-8)23-19-39/h10-12,14-23,29-30,32-33,36,42-43,45-47,50H,13,25-28,31H2,1-9H3,(H,55,61)(H,56,62,64)(H,57,63,65)/t36-,42+,43+,45+,46+,47+,50+,74?/m0/s1. The van der Waals surface area contributed by atoms with Crippen LogP contribution in [0.15, 0.2) is 110 Å². The lowest BCUT2D eigenvalue weighted by atomic mass is 9.80. The number of nitriles is 1. The first kappa shape index (κ1) is 55.5. The first-order valence-corrected chi connectivity index (χ1v) is 25.6. The van der Waals surface area contributed by atoms with E-state index in [0.717, 1.165) is 16.7 Å². The fraction of sp³-hybridized carbons (Fsp3) is 0.472. The van der Waals surface area contributed by atoms with Crippen LogP contribution in [0, 0.1) is 31.1 Å². The average Bonchev–Trinajstić information content (AvgIpc) is 3.95. The van der Waals surface area contributed by atoms with Crippen LogP contribution in [0.4, 0.5) is 0 Å². The van der Waals surface area contributed by atoms with E-state index >= 15 is 0 Å². The number of carbonyl (C=O) groups is 1. The van der Waals surface area contributed by atoms with E-state index in [1.807, 2.05) is 111 Å². The quantitative estimate of drug-likeness (QED) is 0.0403. The summed E-state index contributed by atoms with van der Waals surface area (Å²) in [5, 5.41) is 12.4. The van der Waals surface area contributed by atoms with Crippen LogP contribution in [0.25, 0.3) is 0 Å². The molecule has 0 saturated carbocycles. The third kappa shape index (κ3) is 12.3. The summed E-state index contributed by atoms with van der Waals surface area (Å²) in [6.07, 6.45) is -2.58. The topological polar surface area (TPSA) is 240 Å². The molecule has 1 amide bonds. The maximum Gasteiger partial charge on any atom is 0.330 e. The molecule has 20 nitrogen and oxygen atoms in total. The van der Waals surface area contributed by atoms with Crippen molar-refractivity contribution in [3.63, 3.8) is 0 Å². The monoisotopic (exact) mass is 1040 g/mol. The van der Waals surface area contributed by atoms with Gasteiger partial charge in [-0.3, -0.25) is 33.5 Å². The molecular weight excluding hydrogens is 974 g/mol. The molecule has 0 aliphatic carbocycles. The Morgan fingerprint density at radius 3 is 1.89 bits per heavy atom. The van der Waals surface area contributed by atoms with Crippen molar-refractivity contribution in [2.75, 3.05) is 41.1 Å². The largest absolute Gasteiger partial charge is 0.497 e. The van der Waals surface area contributed by atoms with E-state index in [1.165, 1.54) is 28.6 Å². The number of aromatic amines is 2. The number of H-pyrrole nitrogens is 2. The first-order valence-electron chi connectivity index (χ1n) is 24.5. The number of nitrogens with one attached hydrogen (secondary N) is 3. The molecule has 396 valence electrons. The molecule has 0 spiro atoms. The van der Waals surface area contributed by atoms with Crippen molar-refractivity contribution in [2.24, 2.45) is 5.92 Å². The van der Waals surface area contributed by atoms with Crippen LogP contribution in [-0.2, 0) is 38.4 Å². The zero-order valence-corrected chi connectivity index (χ0v) is 44.0. The van der Waals surface area contributed by atoms with Gasteiger partial charge in [-0.25, -0.2) is 14.3 Å². The highest BCUT2D eigenvalue weighted by Gasteiger charge is 2.50. The van der Waals surface area contributed by atoms with Gasteiger partial charge in [0.05, 0.1) is 46.0 Å². The summed E-state index contributed by atoms with van der Waals surface area (Å²) in [5.41, 5.74) is -0.811. The van der Waals surface area contributed by atoms with Gasteiger partial charge in [0, 0.05) is 61.6 Å². The van der Waals surface area contributed by atoms with E-state index in [4.69, 9.17) is 37.5 Å². The Morgan fingerprint density at radius 1 is 0.797 bits per heavy atom. The summed E-state index contributed by atoms with van der Waals surface area (Å²) in [6, 6.07) is 26.9. The van der Waals surface area contributed by atoms with Crippen LogP contribution in [0.3, 0.4) is 0 Å². The van der Waals surface area contributed by atoms with Crippen molar-refractivity contribution in [3.05, 3.63) is 161 Å². The van der Waals surface area contributed by atoms with Gasteiger partial charge in [-0.1, -0.05) is 54.6 Å². The molecule has 0 radical (unpaired) electrons. The van der Waals surface area contributed by atoms with E-state index in [2.05, 4.69) is 21.4 Å². The van der Waals surface area contributed by atoms with E-state index < -0.39 is 85.3 Å². The Morgan fingerprint density at radius 2 is 1.35 bits per heavy atom. The molecule has 0 bridgehead atoms. The Balaban J connectivity index is 1.22. The van der Waals surface area contributed by atoms with Crippen LogP contribution in [0.2, 0.25) is 0 Å². The lowest BCUT2D eigenvalue weighted by molar-refractivity contribution is -0.124. The number of hydrogen-bond donors (Lipinski definition) is 3. The van der Waals surface area contributed by atoms with Gasteiger partial charge in [0.1, 0.15) is 41.6 Å². The van der Waals surface area contributed by atoms with E-state index in [9.17, 15) is 29.2 Å². The van der Waals surface area contributed by atoms with Gasteiger partial charge in [-0.05, 0) is 88.9 Å². The molecule has 3 aromatic carbocycles. The normalized spacial score (nSPS) is 21.3. The third-order valence-electron chi connectivity index (χ3n) is 13.3. The maximum atomic E-state index is 14.5. The number of aryl methyl sites for hydroxylation is 2. The Hall–Kier alpha value is -6.27. The molecule has 1 unspecified atom stereocenters. The van der Waals surface area contributed by atoms with Crippen LogP contribution in [0.5, 0.6) is 11.5 Å². The molecule has 2 fully saturated rings. The molecule has 7 rings (SSSR count). The summed E-state index contributed by atoms with van der Waals surface area (Å²) in [5.74, 6) is 0.342. The molecule has 21 heteroatoms. The molecule has 2 aliphatic rings. The van der Waals surface area contributed by atoms with Crippen molar-refractivity contribution >= 4 is 14.4 Å². The van der Waals surface area contributed by atoms with E-state index in [-0.39, 0.29) is 56.7 Å². The highest BCUT2D eigenvalue weighted by Crippen LogP contribution is 2.51. The molecule has 4 heterocycles. The fourth-order valence-corrected chi connectivity index (χ4v) is 11.4. The van der Waals surface area contributed by atoms with Gasteiger partial charge < -0.3 is 42.8 Å². The number of nitrogens with zero attached hydrogens (tertiary/aromatic N) is 4. The average molecular weight is 1040 g/mol. The number of aromatic nitrogens is 4. The summed E-state index contributed by atoms with van der Waals surface area (Å²) in [6.45, 7) is 11.0. The van der Waals surface area contributed by atoms with Crippen LogP contribution >= 0.6 is 8.53 Å². The maximum absolute atomic E-state index is 14.5. The number of methoxy groups -OCH3 is 3. The zero-order chi connectivity index (χ0) is 53.3. The fourth-order valence-electron chi connectivity index (χ4n) is 9.60. The minimum absolute atomic E-state index is 0.0551. The van der Waals surface area contributed by atoms with E-state index in [1.54, 1.807) is 28.1 Å². The molecular formula is C53H66N7O13P. The van der Waals surface area contributed by atoms with E-state index in [0.29, 0.717) is 17.1 Å². The summed E-state index contributed by atoms with van der Waals surface area (Å²) in [4.78, 5) is 70.9. The highest BCUT2D eigenvalue weighted by molar-refractivity contribution is 7.44. The van der Waals surface area contributed by atoms with Crippen LogP contribution in [0.1, 0.15) is 87.2 Å². The molecule has 8 atom stereocenters. The summed E-state index contributed by atoms with van der Waals surface area (Å²) < 4.78 is 55.4. The minimum atomic E-state index is -1.87. The lowest BCUT2D eigenvalue weighted by Gasteiger charge is -2.38. The van der Waals surface area contributed by atoms with Gasteiger partial charge in [-0.15, -0.1) is 0 Å². The second-order valence-electron chi connectivity index (χ2n) is 18.8. The van der Waals surface area contributed by atoms with Crippen molar-refractivity contribution in [1.82, 2.24) is 29.1 Å². The van der Waals surface area contributed by atoms with Crippen molar-refractivity contribution in [2.45, 2.75) is 115 Å². The number of carbonyl (C=O) groups excluding carboxylic acids is 1. The molecule has 2 aliphatic heterocycles. The molecule has 2 saturated heterocycles. The number of rotatable bonds is 23. The van der Waals surface area contributed by atoms with Crippen LogP contribution in [-0.4, -0.2) is 107 Å². The van der Waals surface area contributed by atoms with Gasteiger partial charge >= 0.3 is 11.4 Å². The molecule has 2 aromatic heterocycles. The zero-order valence-electron chi connectivity index (χ0n) is 43.1. The van der Waals surface area contributed by atoms with Crippen molar-refractivity contribution in [3.8, 4) is 17.6 Å². The Labute approximate surface area is 430 Å². The predicted octanol–water partition coefficient (Wildman–Crippen LogP) is 5.71. The molecule has 5 aromatic rings. The Kier molecular flexibility index (Phi) is 18.6. The van der Waals surface area contributed by atoms with Gasteiger partial charge in [0.15, 0.2) is 6.23 Å². The van der Waals surface area contributed by atoms with Crippen molar-refractivity contribution in [1.29, 1.82) is 5.26 Å². The lowest BCUT2D eigenvalue weighted by Crippen LogP contribution is -2.44. The second-order valence-corrected chi connectivity index (χ2v) is 20.2. The summed E-state index contributed by atoms with van der Waals surface area (Å²) in [7, 11) is 2.77. The van der Waals surface area contributed by atoms with Crippen LogP contribution < -0.4 is 37.3 Å².